The highest BCUT2D eigenvalue weighted by Gasteiger charge is 2.36. The van der Waals surface area contributed by atoms with Crippen molar-refractivity contribution in [3.63, 3.8) is 0 Å². The summed E-state index contributed by atoms with van der Waals surface area (Å²) in [5.41, 5.74) is 4.50. The highest BCUT2D eigenvalue weighted by Crippen LogP contribution is 2.33. The molecule has 8 heteroatoms. The van der Waals surface area contributed by atoms with E-state index < -0.39 is 5.97 Å². The van der Waals surface area contributed by atoms with Gasteiger partial charge >= 0.3 is 5.97 Å². The fourth-order valence-corrected chi connectivity index (χ4v) is 4.74. The number of pyridine rings is 2. The second-order valence-corrected chi connectivity index (χ2v) is 8.62. The lowest BCUT2D eigenvalue weighted by Crippen LogP contribution is -2.59. The van der Waals surface area contributed by atoms with Crippen LogP contribution in [0.15, 0.2) is 42.7 Å². The van der Waals surface area contributed by atoms with Gasteiger partial charge in [-0.2, -0.15) is 0 Å². The predicted molar refractivity (Wildman–Crippen MR) is 125 cm³/mol. The average Bonchev–Trinajstić information content (AvgIpc) is 2.83. The summed E-state index contributed by atoms with van der Waals surface area (Å²) in [6, 6.07) is 10.3. The Kier molecular flexibility index (Phi) is 5.86. The number of benzene rings is 1. The highest BCUT2D eigenvalue weighted by molar-refractivity contribution is 5.87. The molecule has 1 fully saturated rings. The largest absolute Gasteiger partial charge is 0.493 e. The maximum Gasteiger partial charge on any atom is 0.356 e. The Labute approximate surface area is 193 Å². The molecule has 3 aromatic rings. The summed E-state index contributed by atoms with van der Waals surface area (Å²) in [4.78, 5) is 25.3. The number of aryl methyl sites for hydroxylation is 1. The third-order valence-corrected chi connectivity index (χ3v) is 6.49. The molecule has 0 amide bonds. The van der Waals surface area contributed by atoms with E-state index in [0.29, 0.717) is 18.8 Å². The van der Waals surface area contributed by atoms with Gasteiger partial charge in [-0.15, -0.1) is 0 Å². The molecular formula is C25H28N4O4. The Balaban J connectivity index is 1.41. The molecule has 5 rings (SSSR count). The average molecular weight is 449 g/mol. The minimum absolute atomic E-state index is 0.0864. The second kappa shape index (κ2) is 8.96. The number of esters is 1. The first kappa shape index (κ1) is 21.6. The molecule has 8 nitrogen and oxygen atoms in total. The van der Waals surface area contributed by atoms with Gasteiger partial charge in [-0.05, 0) is 49.2 Å². The van der Waals surface area contributed by atoms with Crippen molar-refractivity contribution in [2.45, 2.75) is 32.2 Å². The van der Waals surface area contributed by atoms with Gasteiger partial charge in [-0.1, -0.05) is 0 Å². The van der Waals surface area contributed by atoms with E-state index in [0.717, 1.165) is 53.0 Å². The lowest BCUT2D eigenvalue weighted by molar-refractivity contribution is -0.0749. The van der Waals surface area contributed by atoms with Crippen LogP contribution >= 0.6 is 0 Å². The molecule has 0 bridgehead atoms. The van der Waals surface area contributed by atoms with Crippen LogP contribution in [0.5, 0.6) is 5.75 Å². The summed E-state index contributed by atoms with van der Waals surface area (Å²) in [6.07, 6.45) is 4.42. The number of hydrogen-bond acceptors (Lipinski definition) is 8. The fourth-order valence-electron chi connectivity index (χ4n) is 4.74. The standard InChI is InChI=1S/C25H28N4O4/c1-16-8-17-10-23-18(9-22(17)26-11-16)13-29-20(6-7-33-23)14-28(15-24(29)31-2)19-4-5-21(27-12-19)25(30)32-3/h4-5,8-12,20,24H,6-7,13-15H2,1-3H3/t20?,24-/m1/s1. The molecule has 1 aromatic carbocycles. The van der Waals surface area contributed by atoms with Crippen molar-refractivity contribution in [1.29, 1.82) is 0 Å². The van der Waals surface area contributed by atoms with Gasteiger partial charge in [-0.25, -0.2) is 9.78 Å². The molecule has 2 aromatic heterocycles. The van der Waals surface area contributed by atoms with Crippen LogP contribution in [0.2, 0.25) is 0 Å². The molecule has 0 spiro atoms. The van der Waals surface area contributed by atoms with Gasteiger partial charge < -0.3 is 19.1 Å². The summed E-state index contributed by atoms with van der Waals surface area (Å²) in [6.45, 7) is 4.94. The van der Waals surface area contributed by atoms with Gasteiger partial charge in [-0.3, -0.25) is 9.88 Å². The second-order valence-electron chi connectivity index (χ2n) is 8.62. The van der Waals surface area contributed by atoms with Gasteiger partial charge in [0.1, 0.15) is 17.7 Å². The molecule has 0 aliphatic carbocycles. The van der Waals surface area contributed by atoms with Crippen molar-refractivity contribution in [3.8, 4) is 5.75 Å². The molecule has 33 heavy (non-hydrogen) atoms. The number of methoxy groups -OCH3 is 2. The van der Waals surface area contributed by atoms with Crippen LogP contribution in [0.25, 0.3) is 10.9 Å². The topological polar surface area (TPSA) is 77.0 Å². The molecular weight excluding hydrogens is 420 g/mol. The SMILES string of the molecule is COC(=O)c1ccc(N2CC3CCOc4cc5cc(C)cnc5cc4CN3[C@H](OC)C2)cn1. The number of ether oxygens (including phenoxy) is 3. The Morgan fingerprint density at radius 2 is 2.00 bits per heavy atom. The van der Waals surface area contributed by atoms with Crippen LogP contribution < -0.4 is 9.64 Å². The van der Waals surface area contributed by atoms with Gasteiger partial charge in [0.05, 0.1) is 37.7 Å². The van der Waals surface area contributed by atoms with Crippen LogP contribution in [0.1, 0.15) is 28.0 Å². The molecule has 2 aliphatic heterocycles. The zero-order chi connectivity index (χ0) is 22.9. The van der Waals surface area contributed by atoms with E-state index in [1.165, 1.54) is 7.11 Å². The Morgan fingerprint density at radius 3 is 2.76 bits per heavy atom. The van der Waals surface area contributed by atoms with Crippen molar-refractivity contribution < 1.29 is 19.0 Å². The first-order chi connectivity index (χ1) is 16.1. The van der Waals surface area contributed by atoms with Crippen molar-refractivity contribution in [2.24, 2.45) is 0 Å². The maximum atomic E-state index is 11.7. The van der Waals surface area contributed by atoms with Crippen molar-refractivity contribution in [2.75, 3.05) is 38.8 Å². The minimum atomic E-state index is -0.436. The number of anilines is 1. The number of hydrogen-bond donors (Lipinski definition) is 0. The number of rotatable bonds is 3. The normalized spacial score (nSPS) is 20.9. The van der Waals surface area contributed by atoms with E-state index in [4.69, 9.17) is 14.2 Å². The van der Waals surface area contributed by atoms with E-state index >= 15 is 0 Å². The van der Waals surface area contributed by atoms with Crippen molar-refractivity contribution in [1.82, 2.24) is 14.9 Å². The van der Waals surface area contributed by atoms with Crippen molar-refractivity contribution in [3.05, 3.63) is 59.5 Å². The highest BCUT2D eigenvalue weighted by atomic mass is 16.5. The predicted octanol–water partition coefficient (Wildman–Crippen LogP) is 3.17. The monoisotopic (exact) mass is 448 g/mol. The quantitative estimate of drug-likeness (QED) is 0.566. The summed E-state index contributed by atoms with van der Waals surface area (Å²) in [7, 11) is 3.11. The molecule has 4 heterocycles. The van der Waals surface area contributed by atoms with E-state index in [1.807, 2.05) is 12.3 Å². The number of aromatic nitrogens is 2. The van der Waals surface area contributed by atoms with E-state index in [1.54, 1.807) is 19.4 Å². The number of piperazine rings is 1. The van der Waals surface area contributed by atoms with Crippen LogP contribution in [0, 0.1) is 6.92 Å². The third kappa shape index (κ3) is 4.24. The van der Waals surface area contributed by atoms with Crippen LogP contribution in [0.4, 0.5) is 5.69 Å². The summed E-state index contributed by atoms with van der Waals surface area (Å²) in [5, 5.41) is 1.10. The lowest BCUT2D eigenvalue weighted by atomic mass is 10.0. The van der Waals surface area contributed by atoms with E-state index in [9.17, 15) is 4.79 Å². The van der Waals surface area contributed by atoms with Crippen LogP contribution in [-0.2, 0) is 16.0 Å². The van der Waals surface area contributed by atoms with Crippen molar-refractivity contribution >= 4 is 22.6 Å². The fraction of sp³-hybridized carbons (Fsp3) is 0.400. The summed E-state index contributed by atoms with van der Waals surface area (Å²) in [5.74, 6) is 0.488. The summed E-state index contributed by atoms with van der Waals surface area (Å²) < 4.78 is 16.9. The van der Waals surface area contributed by atoms with Gasteiger partial charge in [0, 0.05) is 43.4 Å². The zero-order valence-corrected chi connectivity index (χ0v) is 19.2. The number of carbonyl (C=O) groups is 1. The first-order valence-electron chi connectivity index (χ1n) is 11.2. The van der Waals surface area contributed by atoms with Gasteiger partial charge in [0.2, 0.25) is 0 Å². The molecule has 2 atom stereocenters. The van der Waals surface area contributed by atoms with E-state index in [2.05, 4.69) is 44.9 Å². The first-order valence-corrected chi connectivity index (χ1v) is 11.2. The van der Waals surface area contributed by atoms with E-state index in [-0.39, 0.29) is 12.3 Å². The molecule has 1 saturated heterocycles. The lowest BCUT2D eigenvalue weighted by Gasteiger charge is -2.47. The number of carbonyl (C=O) groups excluding carboxylic acids is 1. The Morgan fingerprint density at radius 1 is 1.12 bits per heavy atom. The molecule has 0 N–H and O–H groups in total. The molecule has 1 unspecified atom stereocenters. The molecule has 172 valence electrons. The van der Waals surface area contributed by atoms with Crippen LogP contribution in [0.3, 0.4) is 0 Å². The van der Waals surface area contributed by atoms with Gasteiger partial charge in [0.25, 0.3) is 0 Å². The number of nitrogens with zero attached hydrogens (tertiary/aromatic N) is 4. The zero-order valence-electron chi connectivity index (χ0n) is 19.2. The molecule has 0 saturated carbocycles. The number of fused-ring (bicyclic) bond motifs is 3. The smallest absolute Gasteiger partial charge is 0.356 e. The molecule has 0 radical (unpaired) electrons. The Hall–Kier alpha value is -3.23. The third-order valence-electron chi connectivity index (χ3n) is 6.49. The minimum Gasteiger partial charge on any atom is -0.493 e. The molecule has 2 aliphatic rings. The maximum absolute atomic E-state index is 11.7. The van der Waals surface area contributed by atoms with Crippen LogP contribution in [-0.4, -0.2) is 67.0 Å². The Bertz CT molecular complexity index is 1170. The summed E-state index contributed by atoms with van der Waals surface area (Å²) >= 11 is 0. The van der Waals surface area contributed by atoms with Gasteiger partial charge in [0.15, 0.2) is 0 Å².